The Balaban J connectivity index is 1.38. The Hall–Kier alpha value is -2.67. The Morgan fingerprint density at radius 3 is 2.78 bits per heavy atom. The minimum absolute atomic E-state index is 0.885. The Kier molecular flexibility index (Phi) is 3.97. The quantitative estimate of drug-likeness (QED) is 0.533. The summed E-state index contributed by atoms with van der Waals surface area (Å²) in [6.45, 7) is 8.25. The van der Waals surface area contributed by atoms with Crippen molar-refractivity contribution in [3.05, 3.63) is 47.8 Å². The van der Waals surface area contributed by atoms with Crippen LogP contribution in [0, 0.1) is 13.8 Å². The molecule has 1 aliphatic rings. The van der Waals surface area contributed by atoms with Crippen molar-refractivity contribution in [2.75, 3.05) is 36.0 Å². The summed E-state index contributed by atoms with van der Waals surface area (Å²) in [6, 6.07) is 8.57. The molecule has 3 aromatic heterocycles. The third-order valence-electron chi connectivity index (χ3n) is 5.15. The molecule has 0 amide bonds. The summed E-state index contributed by atoms with van der Waals surface area (Å²) >= 11 is 1.81. The van der Waals surface area contributed by atoms with Crippen molar-refractivity contribution in [2.45, 2.75) is 20.3 Å². The summed E-state index contributed by atoms with van der Waals surface area (Å²) in [7, 11) is 0. The molecular formula is C20H22N6S. The molecule has 1 saturated heterocycles. The smallest absolute Gasteiger partial charge is 0.186 e. The van der Waals surface area contributed by atoms with Crippen molar-refractivity contribution in [3.63, 3.8) is 0 Å². The molecule has 1 fully saturated rings. The van der Waals surface area contributed by atoms with Crippen LogP contribution in [0.25, 0.3) is 15.9 Å². The Morgan fingerprint density at radius 1 is 1.00 bits per heavy atom. The van der Waals surface area contributed by atoms with Crippen molar-refractivity contribution >= 4 is 38.2 Å². The number of thiazole rings is 1. The van der Waals surface area contributed by atoms with Crippen molar-refractivity contribution in [1.29, 1.82) is 0 Å². The zero-order valence-electron chi connectivity index (χ0n) is 15.6. The fourth-order valence-electron chi connectivity index (χ4n) is 3.81. The molecule has 0 aliphatic carbocycles. The zero-order valence-corrected chi connectivity index (χ0v) is 16.4. The largest absolute Gasteiger partial charge is 0.353 e. The van der Waals surface area contributed by atoms with E-state index < -0.39 is 0 Å². The minimum atomic E-state index is 0.885. The Morgan fingerprint density at radius 2 is 1.85 bits per heavy atom. The van der Waals surface area contributed by atoms with Crippen molar-refractivity contribution in [1.82, 2.24) is 19.6 Å². The maximum Gasteiger partial charge on any atom is 0.186 e. The number of aromatic nitrogens is 4. The lowest BCUT2D eigenvalue weighted by Gasteiger charge is -2.22. The second kappa shape index (κ2) is 6.49. The zero-order chi connectivity index (χ0) is 18.4. The van der Waals surface area contributed by atoms with Gasteiger partial charge in [0, 0.05) is 38.6 Å². The molecular weight excluding hydrogens is 356 g/mol. The molecule has 0 radical (unpaired) electrons. The van der Waals surface area contributed by atoms with E-state index in [0.29, 0.717) is 0 Å². The van der Waals surface area contributed by atoms with E-state index in [1.54, 1.807) is 6.20 Å². The summed E-state index contributed by atoms with van der Waals surface area (Å²) < 4.78 is 3.13. The van der Waals surface area contributed by atoms with E-state index >= 15 is 0 Å². The van der Waals surface area contributed by atoms with Gasteiger partial charge < -0.3 is 9.80 Å². The lowest BCUT2D eigenvalue weighted by atomic mass is 10.1. The van der Waals surface area contributed by atoms with Gasteiger partial charge in [0.05, 0.1) is 10.2 Å². The third kappa shape index (κ3) is 3.02. The number of rotatable bonds is 2. The van der Waals surface area contributed by atoms with Crippen LogP contribution in [0.1, 0.15) is 17.5 Å². The van der Waals surface area contributed by atoms with Crippen LogP contribution in [0.15, 0.2) is 36.7 Å². The molecule has 0 bridgehead atoms. The van der Waals surface area contributed by atoms with Crippen molar-refractivity contribution in [2.24, 2.45) is 0 Å². The molecule has 0 saturated carbocycles. The standard InChI is InChI=1S/C20H22N6S/c1-14-12-15(2)19-16(13-14)27-20(22-19)25-8-3-7-24(10-11-25)18-5-4-17-21-6-9-26(17)23-18/h4-6,9,12-13H,3,7-8,10-11H2,1-2H3. The van der Waals surface area contributed by atoms with Gasteiger partial charge in [0.25, 0.3) is 0 Å². The van der Waals surface area contributed by atoms with E-state index in [4.69, 9.17) is 10.1 Å². The van der Waals surface area contributed by atoms with Gasteiger partial charge in [-0.1, -0.05) is 17.4 Å². The average Bonchev–Trinajstić information content (AvgIpc) is 3.21. The number of fused-ring (bicyclic) bond motifs is 2. The highest BCUT2D eigenvalue weighted by molar-refractivity contribution is 7.22. The number of benzene rings is 1. The van der Waals surface area contributed by atoms with Crippen LogP contribution in [0.3, 0.4) is 0 Å². The van der Waals surface area contributed by atoms with Gasteiger partial charge in [-0.25, -0.2) is 14.5 Å². The molecule has 4 aromatic rings. The van der Waals surface area contributed by atoms with Gasteiger partial charge in [0.15, 0.2) is 10.8 Å². The van der Waals surface area contributed by atoms with E-state index in [0.717, 1.165) is 54.7 Å². The van der Waals surface area contributed by atoms with E-state index in [9.17, 15) is 0 Å². The topological polar surface area (TPSA) is 49.6 Å². The number of nitrogens with zero attached hydrogens (tertiary/aromatic N) is 6. The van der Waals surface area contributed by atoms with Gasteiger partial charge >= 0.3 is 0 Å². The summed E-state index contributed by atoms with van der Waals surface area (Å²) in [5.74, 6) is 1.01. The number of imidazole rings is 1. The highest BCUT2D eigenvalue weighted by atomic mass is 32.1. The van der Waals surface area contributed by atoms with E-state index in [2.05, 4.69) is 46.8 Å². The van der Waals surface area contributed by atoms with Crippen LogP contribution in [0.2, 0.25) is 0 Å². The predicted molar refractivity (Wildman–Crippen MR) is 111 cm³/mol. The highest BCUT2D eigenvalue weighted by Gasteiger charge is 2.19. The maximum atomic E-state index is 4.95. The molecule has 1 aliphatic heterocycles. The number of anilines is 2. The van der Waals surface area contributed by atoms with Crippen molar-refractivity contribution < 1.29 is 0 Å². The van der Waals surface area contributed by atoms with Crippen LogP contribution in [0.5, 0.6) is 0 Å². The van der Waals surface area contributed by atoms with Crippen molar-refractivity contribution in [3.8, 4) is 0 Å². The first-order chi connectivity index (χ1) is 13.2. The molecule has 0 spiro atoms. The van der Waals surface area contributed by atoms with Crippen LogP contribution >= 0.6 is 11.3 Å². The normalized spacial score (nSPS) is 15.6. The highest BCUT2D eigenvalue weighted by Crippen LogP contribution is 2.32. The van der Waals surface area contributed by atoms with Crippen LogP contribution in [-0.2, 0) is 0 Å². The predicted octanol–water partition coefficient (Wildman–Crippen LogP) is 3.67. The van der Waals surface area contributed by atoms with Crippen LogP contribution in [-0.4, -0.2) is 45.8 Å². The van der Waals surface area contributed by atoms with E-state index in [1.807, 2.05) is 28.1 Å². The first-order valence-corrected chi connectivity index (χ1v) is 10.2. The molecule has 7 heteroatoms. The summed E-state index contributed by atoms with van der Waals surface area (Å²) in [4.78, 5) is 14.0. The van der Waals surface area contributed by atoms with E-state index in [1.165, 1.54) is 15.8 Å². The lowest BCUT2D eigenvalue weighted by Crippen LogP contribution is -2.31. The first kappa shape index (κ1) is 16.5. The molecule has 6 nitrogen and oxygen atoms in total. The molecule has 27 heavy (non-hydrogen) atoms. The average molecular weight is 379 g/mol. The lowest BCUT2D eigenvalue weighted by molar-refractivity contribution is 0.776. The van der Waals surface area contributed by atoms with Crippen LogP contribution in [0.4, 0.5) is 10.9 Å². The SMILES string of the molecule is Cc1cc(C)c2nc(N3CCCN(c4ccc5nccn5n4)CC3)sc2c1. The Labute approximate surface area is 162 Å². The summed E-state index contributed by atoms with van der Waals surface area (Å²) in [6.07, 6.45) is 4.78. The maximum absolute atomic E-state index is 4.95. The van der Waals surface area contributed by atoms with Crippen LogP contribution < -0.4 is 9.80 Å². The molecule has 1 aromatic carbocycles. The first-order valence-electron chi connectivity index (χ1n) is 9.35. The molecule has 0 N–H and O–H groups in total. The number of hydrogen-bond donors (Lipinski definition) is 0. The Bertz CT molecular complexity index is 1110. The van der Waals surface area contributed by atoms with Gasteiger partial charge in [-0.2, -0.15) is 0 Å². The summed E-state index contributed by atoms with van der Waals surface area (Å²) in [5.41, 5.74) is 4.60. The molecule has 138 valence electrons. The monoisotopic (exact) mass is 378 g/mol. The number of aryl methyl sites for hydroxylation is 2. The molecule has 0 atom stereocenters. The molecule has 0 unspecified atom stereocenters. The minimum Gasteiger partial charge on any atom is -0.353 e. The van der Waals surface area contributed by atoms with Gasteiger partial charge in [0.2, 0.25) is 0 Å². The van der Waals surface area contributed by atoms with Gasteiger partial charge in [-0.15, -0.1) is 5.10 Å². The van der Waals surface area contributed by atoms with E-state index in [-0.39, 0.29) is 0 Å². The number of hydrogen-bond acceptors (Lipinski definition) is 6. The second-order valence-electron chi connectivity index (χ2n) is 7.17. The van der Waals surface area contributed by atoms with Gasteiger partial charge in [-0.05, 0) is 49.6 Å². The fourth-order valence-corrected chi connectivity index (χ4v) is 5.00. The second-order valence-corrected chi connectivity index (χ2v) is 8.18. The summed E-state index contributed by atoms with van der Waals surface area (Å²) in [5, 5.41) is 5.84. The molecule has 5 rings (SSSR count). The van der Waals surface area contributed by atoms with Gasteiger partial charge in [0.1, 0.15) is 5.82 Å². The molecule has 4 heterocycles. The fraction of sp³-hybridized carbons (Fsp3) is 0.350. The third-order valence-corrected chi connectivity index (χ3v) is 6.21. The van der Waals surface area contributed by atoms with Gasteiger partial charge in [-0.3, -0.25) is 0 Å².